The van der Waals surface area contributed by atoms with Gasteiger partial charge in [-0.3, -0.25) is 4.98 Å². The van der Waals surface area contributed by atoms with Crippen molar-refractivity contribution in [3.63, 3.8) is 0 Å². The Morgan fingerprint density at radius 3 is 2.59 bits per heavy atom. The van der Waals surface area contributed by atoms with Gasteiger partial charge in [0.2, 0.25) is 0 Å². The third kappa shape index (κ3) is 5.49. The van der Waals surface area contributed by atoms with Crippen molar-refractivity contribution < 1.29 is 0 Å². The Bertz CT molecular complexity index is 327. The van der Waals surface area contributed by atoms with E-state index in [2.05, 4.69) is 48.1 Å². The normalized spacial score (nSPS) is 13.1. The summed E-state index contributed by atoms with van der Waals surface area (Å²) in [6, 6.07) is 0.362. The monoisotopic (exact) mass is 237 g/mol. The number of aromatic nitrogens is 2. The Balaban J connectivity index is 2.64. The van der Waals surface area contributed by atoms with Crippen LogP contribution < -0.4 is 11.1 Å². The summed E-state index contributed by atoms with van der Waals surface area (Å²) in [5, 5.41) is 3.39. The number of nitrogen functional groups attached to an aromatic ring is 1. The molecule has 0 aliphatic carbocycles. The van der Waals surface area contributed by atoms with E-state index in [0.29, 0.717) is 17.8 Å². The summed E-state index contributed by atoms with van der Waals surface area (Å²) >= 11 is 0. The highest BCUT2D eigenvalue weighted by Crippen LogP contribution is 2.12. The van der Waals surface area contributed by atoms with Crippen molar-refractivity contribution in [1.29, 1.82) is 0 Å². The lowest BCUT2D eigenvalue weighted by Gasteiger charge is -2.24. The first-order valence-electron chi connectivity index (χ1n) is 5.96. The van der Waals surface area contributed by atoms with Gasteiger partial charge < -0.3 is 16.0 Å². The van der Waals surface area contributed by atoms with E-state index >= 15 is 0 Å². The molecule has 0 saturated carbocycles. The van der Waals surface area contributed by atoms with Gasteiger partial charge in [-0.2, -0.15) is 0 Å². The van der Waals surface area contributed by atoms with Crippen LogP contribution in [0.25, 0.3) is 0 Å². The first-order valence-corrected chi connectivity index (χ1v) is 5.96. The molecule has 0 aliphatic heterocycles. The molecule has 0 radical (unpaired) electrons. The Morgan fingerprint density at radius 1 is 1.35 bits per heavy atom. The molecule has 1 atom stereocenters. The third-order valence-electron chi connectivity index (χ3n) is 2.35. The number of hydrogen-bond acceptors (Lipinski definition) is 5. The first kappa shape index (κ1) is 13.7. The Hall–Kier alpha value is -1.36. The summed E-state index contributed by atoms with van der Waals surface area (Å²) in [5.41, 5.74) is 5.61. The molecule has 96 valence electrons. The van der Waals surface area contributed by atoms with Gasteiger partial charge in [0.15, 0.2) is 0 Å². The number of nitrogens with zero attached hydrogens (tertiary/aromatic N) is 3. The summed E-state index contributed by atoms with van der Waals surface area (Å²) in [6.07, 6.45) is 4.35. The van der Waals surface area contributed by atoms with Gasteiger partial charge in [0, 0.05) is 12.6 Å². The average Bonchev–Trinajstić information content (AvgIpc) is 2.14. The largest absolute Gasteiger partial charge is 0.382 e. The van der Waals surface area contributed by atoms with Gasteiger partial charge >= 0.3 is 0 Å². The maximum atomic E-state index is 5.61. The van der Waals surface area contributed by atoms with Crippen LogP contribution in [0.15, 0.2) is 12.4 Å². The smallest absolute Gasteiger partial charge is 0.147 e. The van der Waals surface area contributed by atoms with E-state index in [-0.39, 0.29) is 0 Å². The standard InChI is InChI=1S/C12H23N5/c1-9(2)5-10(8-17(3)4)15-12-7-14-6-11(13)16-12/h6-7,9-10H,5,8H2,1-4H3,(H3,13,15,16). The molecule has 0 aliphatic rings. The molecule has 0 bridgehead atoms. The topological polar surface area (TPSA) is 67.1 Å². The molecule has 1 unspecified atom stereocenters. The number of anilines is 2. The maximum absolute atomic E-state index is 5.61. The molecule has 0 fully saturated rings. The molecule has 1 aromatic rings. The summed E-state index contributed by atoms with van der Waals surface area (Å²) in [6.45, 7) is 5.40. The lowest BCUT2D eigenvalue weighted by molar-refractivity contribution is 0.356. The molecule has 0 aromatic carbocycles. The van der Waals surface area contributed by atoms with E-state index in [1.54, 1.807) is 12.4 Å². The minimum absolute atomic E-state index is 0.362. The molecule has 0 amide bonds. The predicted molar refractivity (Wildman–Crippen MR) is 71.9 cm³/mol. The van der Waals surface area contributed by atoms with Gasteiger partial charge in [-0.15, -0.1) is 0 Å². The van der Waals surface area contributed by atoms with Crippen LogP contribution in [0.4, 0.5) is 11.6 Å². The first-order chi connectivity index (χ1) is 7.97. The van der Waals surface area contributed by atoms with Crippen LogP contribution in [0.5, 0.6) is 0 Å². The summed E-state index contributed by atoms with van der Waals surface area (Å²) < 4.78 is 0. The second kappa shape index (κ2) is 6.39. The van der Waals surface area contributed by atoms with Crippen LogP contribution >= 0.6 is 0 Å². The highest BCUT2D eigenvalue weighted by atomic mass is 15.1. The second-order valence-corrected chi connectivity index (χ2v) is 5.06. The van der Waals surface area contributed by atoms with Crippen molar-refractivity contribution in [3.8, 4) is 0 Å². The molecular formula is C12H23N5. The molecular weight excluding hydrogens is 214 g/mol. The van der Waals surface area contributed by atoms with E-state index in [1.165, 1.54) is 0 Å². The average molecular weight is 237 g/mol. The van der Waals surface area contributed by atoms with Crippen LogP contribution in [-0.2, 0) is 0 Å². The molecule has 17 heavy (non-hydrogen) atoms. The fraction of sp³-hybridized carbons (Fsp3) is 0.667. The highest BCUT2D eigenvalue weighted by molar-refractivity contribution is 5.39. The van der Waals surface area contributed by atoms with Crippen LogP contribution in [0.2, 0.25) is 0 Å². The minimum atomic E-state index is 0.362. The summed E-state index contributed by atoms with van der Waals surface area (Å²) in [5.74, 6) is 1.84. The number of likely N-dealkylation sites (N-methyl/N-ethyl adjacent to an activating group) is 1. The summed E-state index contributed by atoms with van der Waals surface area (Å²) in [7, 11) is 4.14. The second-order valence-electron chi connectivity index (χ2n) is 5.06. The fourth-order valence-electron chi connectivity index (χ4n) is 1.85. The van der Waals surface area contributed by atoms with Crippen molar-refractivity contribution >= 4 is 11.6 Å². The van der Waals surface area contributed by atoms with E-state index in [0.717, 1.165) is 18.8 Å². The van der Waals surface area contributed by atoms with Crippen LogP contribution in [0.1, 0.15) is 20.3 Å². The van der Waals surface area contributed by atoms with Crippen molar-refractivity contribution in [3.05, 3.63) is 12.4 Å². The zero-order valence-electron chi connectivity index (χ0n) is 11.1. The Kier molecular flexibility index (Phi) is 5.15. The van der Waals surface area contributed by atoms with E-state index < -0.39 is 0 Å². The molecule has 5 nitrogen and oxygen atoms in total. The van der Waals surface area contributed by atoms with E-state index in [4.69, 9.17) is 5.73 Å². The SMILES string of the molecule is CC(C)CC(CN(C)C)Nc1cncc(N)n1. The zero-order valence-corrected chi connectivity index (χ0v) is 11.1. The van der Waals surface area contributed by atoms with Gasteiger partial charge in [-0.05, 0) is 26.4 Å². The lowest BCUT2D eigenvalue weighted by atomic mass is 10.0. The van der Waals surface area contributed by atoms with Crippen molar-refractivity contribution in [2.24, 2.45) is 5.92 Å². The van der Waals surface area contributed by atoms with Crippen LogP contribution in [0, 0.1) is 5.92 Å². The number of hydrogen-bond donors (Lipinski definition) is 2. The van der Waals surface area contributed by atoms with Gasteiger partial charge in [-0.25, -0.2) is 4.98 Å². The molecule has 1 heterocycles. The number of rotatable bonds is 6. The zero-order chi connectivity index (χ0) is 12.8. The van der Waals surface area contributed by atoms with Crippen LogP contribution in [0.3, 0.4) is 0 Å². The van der Waals surface area contributed by atoms with Crippen molar-refractivity contribution in [2.75, 3.05) is 31.7 Å². The fourth-order valence-corrected chi connectivity index (χ4v) is 1.85. The molecule has 1 aromatic heterocycles. The Morgan fingerprint density at radius 2 is 2.06 bits per heavy atom. The van der Waals surface area contributed by atoms with Gasteiger partial charge in [-0.1, -0.05) is 13.8 Å². The molecule has 0 saturated heterocycles. The number of nitrogens with two attached hydrogens (primary N) is 1. The lowest BCUT2D eigenvalue weighted by Crippen LogP contribution is -2.33. The van der Waals surface area contributed by atoms with Gasteiger partial charge in [0.05, 0.1) is 12.4 Å². The van der Waals surface area contributed by atoms with Gasteiger partial charge in [0.1, 0.15) is 11.6 Å². The third-order valence-corrected chi connectivity index (χ3v) is 2.35. The molecule has 0 spiro atoms. The molecule has 5 heteroatoms. The van der Waals surface area contributed by atoms with E-state index in [1.807, 2.05) is 0 Å². The maximum Gasteiger partial charge on any atom is 0.147 e. The highest BCUT2D eigenvalue weighted by Gasteiger charge is 2.12. The quantitative estimate of drug-likeness (QED) is 0.784. The van der Waals surface area contributed by atoms with Crippen molar-refractivity contribution in [2.45, 2.75) is 26.3 Å². The van der Waals surface area contributed by atoms with Crippen LogP contribution in [-0.4, -0.2) is 41.5 Å². The molecule has 1 rings (SSSR count). The Labute approximate surface area is 103 Å². The van der Waals surface area contributed by atoms with Gasteiger partial charge in [0.25, 0.3) is 0 Å². The van der Waals surface area contributed by atoms with E-state index in [9.17, 15) is 0 Å². The van der Waals surface area contributed by atoms with Crippen molar-refractivity contribution in [1.82, 2.24) is 14.9 Å². The minimum Gasteiger partial charge on any atom is -0.382 e. The number of nitrogens with one attached hydrogen (secondary N) is 1. The summed E-state index contributed by atoms with van der Waals surface area (Å²) in [4.78, 5) is 10.4. The molecule has 3 N–H and O–H groups in total. The predicted octanol–water partition coefficient (Wildman–Crippen LogP) is 1.45.